The van der Waals surface area contributed by atoms with Crippen LogP contribution in [0.15, 0.2) is 30.5 Å². The molecule has 0 spiro atoms. The minimum Gasteiger partial charge on any atom is -0.483 e. The Morgan fingerprint density at radius 2 is 2.07 bits per heavy atom. The Labute approximate surface area is 157 Å². The van der Waals surface area contributed by atoms with Crippen LogP contribution < -0.4 is 10.1 Å². The van der Waals surface area contributed by atoms with Gasteiger partial charge in [0.05, 0.1) is 11.8 Å². The van der Waals surface area contributed by atoms with E-state index in [1.807, 2.05) is 13.0 Å². The lowest BCUT2D eigenvalue weighted by Gasteiger charge is -2.11. The van der Waals surface area contributed by atoms with Gasteiger partial charge in [0.1, 0.15) is 17.4 Å². The number of alkyl halides is 3. The van der Waals surface area contributed by atoms with Crippen molar-refractivity contribution in [2.24, 2.45) is 0 Å². The number of rotatable bonds is 4. The van der Waals surface area contributed by atoms with Gasteiger partial charge in [-0.25, -0.2) is 9.50 Å². The van der Waals surface area contributed by atoms with Crippen molar-refractivity contribution in [3.8, 4) is 11.8 Å². The van der Waals surface area contributed by atoms with Crippen LogP contribution in [0, 0.1) is 25.2 Å². The molecule has 0 aliphatic carbocycles. The molecule has 2 heterocycles. The van der Waals surface area contributed by atoms with Crippen molar-refractivity contribution in [3.63, 3.8) is 0 Å². The zero-order valence-corrected chi connectivity index (χ0v) is 14.8. The number of benzene rings is 1. The second kappa shape index (κ2) is 7.19. The number of hydrogen-bond donors (Lipinski definition) is 1. The van der Waals surface area contributed by atoms with Crippen LogP contribution in [0.25, 0.3) is 5.65 Å². The second-order valence-electron chi connectivity index (χ2n) is 6.01. The highest BCUT2D eigenvalue weighted by Gasteiger charge is 2.29. The number of nitrogens with zero attached hydrogens (tertiary/aromatic N) is 4. The molecule has 28 heavy (non-hydrogen) atoms. The van der Waals surface area contributed by atoms with Gasteiger partial charge < -0.3 is 10.1 Å². The number of aryl methyl sites for hydroxylation is 2. The predicted octanol–water partition coefficient (Wildman–Crippen LogP) is 3.41. The summed E-state index contributed by atoms with van der Waals surface area (Å²) in [6.45, 7) is 2.11. The zero-order chi connectivity index (χ0) is 20.5. The summed E-state index contributed by atoms with van der Waals surface area (Å²) in [6, 6.07) is 7.35. The highest BCUT2D eigenvalue weighted by atomic mass is 19.4. The maximum absolute atomic E-state index is 12.6. The Bertz CT molecular complexity index is 1100. The number of nitriles is 1. The standard InChI is InChI=1S/C18H14F3N5O2/c1-10-5-11(2)26-16(24-10)14(8-23-26)17(27)25-13-3-4-15(12(6-13)7-22)28-9-18(19,20)21/h3-6,8H,9H2,1-2H3,(H,25,27). The molecule has 10 heteroatoms. The molecule has 0 aliphatic heterocycles. The van der Waals surface area contributed by atoms with Crippen LogP contribution in [0.1, 0.15) is 27.3 Å². The summed E-state index contributed by atoms with van der Waals surface area (Å²) in [7, 11) is 0. The molecular weight excluding hydrogens is 375 g/mol. The summed E-state index contributed by atoms with van der Waals surface area (Å²) in [5.41, 5.74) is 2.22. The van der Waals surface area contributed by atoms with Gasteiger partial charge in [-0.2, -0.15) is 23.5 Å². The van der Waals surface area contributed by atoms with Crippen LogP contribution in [0.4, 0.5) is 18.9 Å². The van der Waals surface area contributed by atoms with Crippen molar-refractivity contribution in [2.45, 2.75) is 20.0 Å². The fraction of sp³-hybridized carbons (Fsp3) is 0.222. The largest absolute Gasteiger partial charge is 0.483 e. The average Bonchev–Trinajstić information content (AvgIpc) is 3.04. The topological polar surface area (TPSA) is 92.3 Å². The number of hydrogen-bond acceptors (Lipinski definition) is 5. The fourth-order valence-electron chi connectivity index (χ4n) is 2.61. The highest BCUT2D eigenvalue weighted by Crippen LogP contribution is 2.25. The number of ether oxygens (including phenoxy) is 1. The highest BCUT2D eigenvalue weighted by molar-refractivity contribution is 6.08. The Kier molecular flexibility index (Phi) is 4.92. The average molecular weight is 389 g/mol. The fourth-order valence-corrected chi connectivity index (χ4v) is 2.61. The molecule has 3 aromatic rings. The molecule has 2 aromatic heterocycles. The molecule has 0 aliphatic rings. The van der Waals surface area contributed by atoms with Gasteiger partial charge in [0, 0.05) is 17.1 Å². The van der Waals surface area contributed by atoms with Crippen molar-refractivity contribution < 1.29 is 22.7 Å². The van der Waals surface area contributed by atoms with E-state index in [2.05, 4.69) is 20.1 Å². The van der Waals surface area contributed by atoms with Crippen LogP contribution in [-0.2, 0) is 0 Å². The van der Waals surface area contributed by atoms with E-state index >= 15 is 0 Å². The third kappa shape index (κ3) is 4.03. The number of aromatic nitrogens is 3. The van der Waals surface area contributed by atoms with E-state index in [9.17, 15) is 18.0 Å². The van der Waals surface area contributed by atoms with Gasteiger partial charge in [0.25, 0.3) is 5.91 Å². The third-order valence-corrected chi connectivity index (χ3v) is 3.77. The van der Waals surface area contributed by atoms with Crippen molar-refractivity contribution in [2.75, 3.05) is 11.9 Å². The molecular formula is C18H14F3N5O2. The van der Waals surface area contributed by atoms with Crippen LogP contribution in [0.5, 0.6) is 5.75 Å². The van der Waals surface area contributed by atoms with Crippen molar-refractivity contribution in [1.29, 1.82) is 5.26 Å². The molecule has 1 aromatic carbocycles. The summed E-state index contributed by atoms with van der Waals surface area (Å²) in [5, 5.41) is 15.9. The molecule has 1 N–H and O–H groups in total. The summed E-state index contributed by atoms with van der Waals surface area (Å²) < 4.78 is 43.0. The van der Waals surface area contributed by atoms with E-state index < -0.39 is 18.7 Å². The summed E-state index contributed by atoms with van der Waals surface area (Å²) in [5.74, 6) is -0.734. The lowest BCUT2D eigenvalue weighted by molar-refractivity contribution is -0.153. The smallest absolute Gasteiger partial charge is 0.422 e. The van der Waals surface area contributed by atoms with Gasteiger partial charge in [-0.15, -0.1) is 0 Å². The quantitative estimate of drug-likeness (QED) is 0.738. The first-order valence-electron chi connectivity index (χ1n) is 8.05. The van der Waals surface area contributed by atoms with Crippen molar-refractivity contribution in [1.82, 2.24) is 14.6 Å². The van der Waals surface area contributed by atoms with Crippen LogP contribution in [0.2, 0.25) is 0 Å². The Hall–Kier alpha value is -3.61. The monoisotopic (exact) mass is 389 g/mol. The van der Waals surface area contributed by atoms with E-state index in [1.54, 1.807) is 13.0 Å². The van der Waals surface area contributed by atoms with Crippen LogP contribution in [0.3, 0.4) is 0 Å². The minimum atomic E-state index is -4.52. The first-order chi connectivity index (χ1) is 13.2. The Morgan fingerprint density at radius 3 is 2.75 bits per heavy atom. The number of halogens is 3. The lowest BCUT2D eigenvalue weighted by atomic mass is 10.2. The number of anilines is 1. The number of carbonyl (C=O) groups is 1. The molecule has 0 radical (unpaired) electrons. The molecule has 0 saturated heterocycles. The molecule has 0 unspecified atom stereocenters. The molecule has 0 bridgehead atoms. The van der Waals surface area contributed by atoms with E-state index in [0.717, 1.165) is 11.4 Å². The number of amides is 1. The minimum absolute atomic E-state index is 0.133. The lowest BCUT2D eigenvalue weighted by Crippen LogP contribution is -2.19. The molecule has 0 atom stereocenters. The van der Waals surface area contributed by atoms with Crippen LogP contribution >= 0.6 is 0 Å². The van der Waals surface area contributed by atoms with Gasteiger partial charge in [0.15, 0.2) is 12.3 Å². The summed E-state index contributed by atoms with van der Waals surface area (Å²) in [4.78, 5) is 16.9. The number of carbonyl (C=O) groups excluding carboxylic acids is 1. The molecule has 7 nitrogen and oxygen atoms in total. The van der Waals surface area contributed by atoms with Gasteiger partial charge in [-0.05, 0) is 38.1 Å². The number of fused-ring (bicyclic) bond motifs is 1. The summed E-state index contributed by atoms with van der Waals surface area (Å²) >= 11 is 0. The third-order valence-electron chi connectivity index (χ3n) is 3.77. The zero-order valence-electron chi connectivity index (χ0n) is 14.8. The molecule has 0 saturated carbocycles. The molecule has 144 valence electrons. The number of nitrogens with one attached hydrogen (secondary N) is 1. The van der Waals surface area contributed by atoms with E-state index in [1.165, 1.54) is 28.9 Å². The van der Waals surface area contributed by atoms with E-state index in [0.29, 0.717) is 5.65 Å². The SMILES string of the molecule is Cc1cc(C)n2ncc(C(=O)Nc3ccc(OCC(F)(F)F)c(C#N)c3)c2n1. The maximum atomic E-state index is 12.6. The molecule has 0 fully saturated rings. The molecule has 1 amide bonds. The van der Waals surface area contributed by atoms with E-state index in [-0.39, 0.29) is 22.6 Å². The van der Waals surface area contributed by atoms with Gasteiger partial charge in [-0.3, -0.25) is 4.79 Å². The van der Waals surface area contributed by atoms with Gasteiger partial charge >= 0.3 is 6.18 Å². The predicted molar refractivity (Wildman–Crippen MR) is 93.1 cm³/mol. The first-order valence-corrected chi connectivity index (χ1v) is 8.05. The molecule has 3 rings (SSSR count). The first kappa shape index (κ1) is 19.2. The van der Waals surface area contributed by atoms with Crippen molar-refractivity contribution >= 4 is 17.2 Å². The van der Waals surface area contributed by atoms with Gasteiger partial charge in [-0.1, -0.05) is 0 Å². The Balaban J connectivity index is 1.84. The maximum Gasteiger partial charge on any atom is 0.422 e. The van der Waals surface area contributed by atoms with Crippen molar-refractivity contribution in [3.05, 3.63) is 53.0 Å². The van der Waals surface area contributed by atoms with Gasteiger partial charge in [0.2, 0.25) is 0 Å². The Morgan fingerprint density at radius 1 is 1.32 bits per heavy atom. The van der Waals surface area contributed by atoms with E-state index in [4.69, 9.17) is 5.26 Å². The van der Waals surface area contributed by atoms with Crippen LogP contribution in [-0.4, -0.2) is 33.3 Å². The normalized spacial score (nSPS) is 11.3. The summed E-state index contributed by atoms with van der Waals surface area (Å²) in [6.07, 6.45) is -3.15. The second-order valence-corrected chi connectivity index (χ2v) is 6.01.